The average Bonchev–Trinajstić information content (AvgIpc) is 2.51. The molecule has 0 saturated carbocycles. The van der Waals surface area contributed by atoms with Crippen LogP contribution in [0.3, 0.4) is 0 Å². The molecule has 2 aromatic rings. The van der Waals surface area contributed by atoms with Crippen molar-refractivity contribution in [2.45, 2.75) is 13.3 Å². The van der Waals surface area contributed by atoms with E-state index in [1.165, 1.54) is 0 Å². The zero-order valence-corrected chi connectivity index (χ0v) is 14.5. The molecule has 2 N–H and O–H groups in total. The molecule has 0 aliphatic rings. The van der Waals surface area contributed by atoms with Crippen LogP contribution in [0.5, 0.6) is 0 Å². The van der Waals surface area contributed by atoms with Gasteiger partial charge >= 0.3 is 0 Å². The van der Waals surface area contributed by atoms with Gasteiger partial charge in [-0.1, -0.05) is 41.7 Å². The fourth-order valence-corrected chi connectivity index (χ4v) is 2.52. The predicted molar refractivity (Wildman–Crippen MR) is 97.9 cm³/mol. The van der Waals surface area contributed by atoms with Gasteiger partial charge in [-0.2, -0.15) is 5.10 Å². The number of hydrazone groups is 1. The first-order valence-corrected chi connectivity index (χ1v) is 7.93. The van der Waals surface area contributed by atoms with Gasteiger partial charge in [0, 0.05) is 28.3 Å². The van der Waals surface area contributed by atoms with Gasteiger partial charge in [0.2, 0.25) is 0 Å². The van der Waals surface area contributed by atoms with E-state index in [9.17, 15) is 0 Å². The van der Waals surface area contributed by atoms with Gasteiger partial charge in [0.25, 0.3) is 0 Å². The summed E-state index contributed by atoms with van der Waals surface area (Å²) in [5, 5.41) is 9.42. The number of anilines is 2. The van der Waals surface area contributed by atoms with Crippen LogP contribution in [0.25, 0.3) is 0 Å². The smallest absolute Gasteiger partial charge is 0.0762 e. The molecule has 0 aliphatic heterocycles. The van der Waals surface area contributed by atoms with Crippen molar-refractivity contribution < 1.29 is 0 Å². The van der Waals surface area contributed by atoms with E-state index < -0.39 is 0 Å². The van der Waals surface area contributed by atoms with Gasteiger partial charge in [0.1, 0.15) is 0 Å². The zero-order chi connectivity index (χ0) is 16.1. The molecule has 0 aromatic heterocycles. The lowest BCUT2D eigenvalue weighted by atomic mass is 10.1. The van der Waals surface area contributed by atoms with E-state index in [4.69, 9.17) is 34.8 Å². The second kappa shape index (κ2) is 7.73. The Bertz CT molecular complexity index is 699. The minimum atomic E-state index is 0.559. The third-order valence-corrected chi connectivity index (χ3v) is 3.94. The van der Waals surface area contributed by atoms with Crippen molar-refractivity contribution in [3.8, 4) is 0 Å². The van der Waals surface area contributed by atoms with Crippen molar-refractivity contribution in [3.05, 3.63) is 57.0 Å². The van der Waals surface area contributed by atoms with E-state index in [-0.39, 0.29) is 0 Å². The summed E-state index contributed by atoms with van der Waals surface area (Å²) >= 11 is 18.2. The summed E-state index contributed by atoms with van der Waals surface area (Å²) in [5.74, 6) is 0. The molecule has 0 spiro atoms. The van der Waals surface area contributed by atoms with Gasteiger partial charge in [-0.15, -0.1) is 0 Å². The average molecular weight is 357 g/mol. The topological polar surface area (TPSA) is 36.4 Å². The lowest BCUT2D eigenvalue weighted by molar-refractivity contribution is 1.22. The monoisotopic (exact) mass is 355 g/mol. The Morgan fingerprint density at radius 1 is 1.00 bits per heavy atom. The lowest BCUT2D eigenvalue weighted by Crippen LogP contribution is -2.07. The van der Waals surface area contributed by atoms with Crippen LogP contribution in [-0.2, 0) is 0 Å². The molecule has 0 heterocycles. The number of nitrogens with zero attached hydrogens (tertiary/aromatic N) is 1. The molecule has 116 valence electrons. The lowest BCUT2D eigenvalue weighted by Gasteiger charge is -2.12. The molecule has 0 saturated heterocycles. The summed E-state index contributed by atoms with van der Waals surface area (Å²) in [7, 11) is 1.86. The van der Waals surface area contributed by atoms with E-state index in [0.717, 1.165) is 23.4 Å². The van der Waals surface area contributed by atoms with E-state index in [2.05, 4.69) is 15.8 Å². The fraction of sp³-hybridized carbons (Fsp3) is 0.188. The standard InChI is InChI=1S/C16H16Cl3N3/c1-3-14(12-8-10(17)5-7-15(12)20-2)21-22-16-9-11(18)4-6-13(16)19/h4-9,20,22H,3H2,1-2H3/b21-14+. The quantitative estimate of drug-likeness (QED) is 0.515. The van der Waals surface area contributed by atoms with Gasteiger partial charge in [-0.3, -0.25) is 5.43 Å². The Morgan fingerprint density at radius 3 is 2.36 bits per heavy atom. The summed E-state index contributed by atoms with van der Waals surface area (Å²) in [5.41, 5.74) is 6.41. The molecule has 6 heteroatoms. The van der Waals surface area contributed by atoms with Gasteiger partial charge < -0.3 is 5.32 Å². The first kappa shape index (κ1) is 16.9. The van der Waals surface area contributed by atoms with Crippen LogP contribution in [0, 0.1) is 0 Å². The van der Waals surface area contributed by atoms with Gasteiger partial charge in [0.05, 0.1) is 16.4 Å². The van der Waals surface area contributed by atoms with Crippen molar-refractivity contribution in [2.24, 2.45) is 5.10 Å². The first-order valence-electron chi connectivity index (χ1n) is 6.80. The molecule has 3 nitrogen and oxygen atoms in total. The Labute approximate surface area is 145 Å². The molecule has 0 radical (unpaired) electrons. The highest BCUT2D eigenvalue weighted by atomic mass is 35.5. The molecule has 0 fully saturated rings. The van der Waals surface area contributed by atoms with Crippen LogP contribution < -0.4 is 10.7 Å². The minimum absolute atomic E-state index is 0.559. The predicted octanol–water partition coefficient (Wildman–Crippen LogP) is 5.91. The van der Waals surface area contributed by atoms with Crippen molar-refractivity contribution in [3.63, 3.8) is 0 Å². The summed E-state index contributed by atoms with van der Waals surface area (Å²) in [6, 6.07) is 10.8. The number of benzene rings is 2. The maximum atomic E-state index is 6.13. The highest BCUT2D eigenvalue weighted by Gasteiger charge is 2.09. The summed E-state index contributed by atoms with van der Waals surface area (Å²) in [6.07, 6.45) is 0.736. The summed E-state index contributed by atoms with van der Waals surface area (Å²) in [6.45, 7) is 2.03. The Hall–Kier alpha value is -1.42. The molecule has 2 rings (SSSR count). The minimum Gasteiger partial charge on any atom is -0.388 e. The molecule has 0 aliphatic carbocycles. The van der Waals surface area contributed by atoms with Crippen molar-refractivity contribution in [2.75, 3.05) is 17.8 Å². The SMILES string of the molecule is CC/C(=N\Nc1cc(Cl)ccc1Cl)c1cc(Cl)ccc1NC. The van der Waals surface area contributed by atoms with Crippen LogP contribution in [0.4, 0.5) is 11.4 Å². The van der Waals surface area contributed by atoms with Crippen LogP contribution >= 0.6 is 34.8 Å². The Morgan fingerprint density at radius 2 is 1.68 bits per heavy atom. The molecule has 2 aromatic carbocycles. The van der Waals surface area contributed by atoms with E-state index in [1.807, 2.05) is 32.2 Å². The van der Waals surface area contributed by atoms with Crippen LogP contribution in [0.1, 0.15) is 18.9 Å². The summed E-state index contributed by atoms with van der Waals surface area (Å²) in [4.78, 5) is 0. The van der Waals surface area contributed by atoms with Crippen LogP contribution in [0.15, 0.2) is 41.5 Å². The van der Waals surface area contributed by atoms with Crippen molar-refractivity contribution in [1.82, 2.24) is 0 Å². The third-order valence-electron chi connectivity index (χ3n) is 3.14. The highest BCUT2D eigenvalue weighted by Crippen LogP contribution is 2.26. The van der Waals surface area contributed by atoms with E-state index in [0.29, 0.717) is 20.8 Å². The highest BCUT2D eigenvalue weighted by molar-refractivity contribution is 6.35. The number of nitrogens with one attached hydrogen (secondary N) is 2. The second-order valence-electron chi connectivity index (χ2n) is 4.59. The van der Waals surface area contributed by atoms with Gasteiger partial charge in [0.15, 0.2) is 0 Å². The molecule has 0 bridgehead atoms. The Balaban J connectivity index is 2.35. The normalized spacial score (nSPS) is 11.4. The molecule has 0 atom stereocenters. The maximum absolute atomic E-state index is 6.13. The molecule has 22 heavy (non-hydrogen) atoms. The molecular weight excluding hydrogens is 341 g/mol. The number of hydrogen-bond acceptors (Lipinski definition) is 3. The first-order chi connectivity index (χ1) is 10.5. The van der Waals surface area contributed by atoms with Crippen LogP contribution in [-0.4, -0.2) is 12.8 Å². The summed E-state index contributed by atoms with van der Waals surface area (Å²) < 4.78 is 0. The van der Waals surface area contributed by atoms with Crippen LogP contribution in [0.2, 0.25) is 15.1 Å². The number of halogens is 3. The second-order valence-corrected chi connectivity index (χ2v) is 5.87. The molecule has 0 unspecified atom stereocenters. The fourth-order valence-electron chi connectivity index (χ4n) is 2.01. The van der Waals surface area contributed by atoms with Crippen molar-refractivity contribution >= 4 is 51.9 Å². The van der Waals surface area contributed by atoms with Gasteiger partial charge in [-0.05, 0) is 42.8 Å². The van der Waals surface area contributed by atoms with Gasteiger partial charge in [-0.25, -0.2) is 0 Å². The third kappa shape index (κ3) is 4.07. The molecular formula is C16H16Cl3N3. The Kier molecular flexibility index (Phi) is 5.95. The van der Waals surface area contributed by atoms with E-state index >= 15 is 0 Å². The zero-order valence-electron chi connectivity index (χ0n) is 12.3. The molecule has 0 amide bonds. The number of hydrogen-bond donors (Lipinski definition) is 2. The largest absolute Gasteiger partial charge is 0.388 e. The van der Waals surface area contributed by atoms with Crippen molar-refractivity contribution in [1.29, 1.82) is 0 Å². The maximum Gasteiger partial charge on any atom is 0.0762 e. The number of rotatable bonds is 5. The van der Waals surface area contributed by atoms with E-state index in [1.54, 1.807) is 18.2 Å².